The van der Waals surface area contributed by atoms with Gasteiger partial charge in [-0.25, -0.2) is 4.98 Å². The number of halogens is 3. The lowest BCUT2D eigenvalue weighted by molar-refractivity contribution is -0.137. The molecule has 0 aliphatic heterocycles. The lowest BCUT2D eigenvalue weighted by atomic mass is 10.1. The van der Waals surface area contributed by atoms with Gasteiger partial charge < -0.3 is 0 Å². The van der Waals surface area contributed by atoms with Crippen LogP contribution in [0.15, 0.2) is 60.9 Å². The average molecular weight is 441 g/mol. The van der Waals surface area contributed by atoms with E-state index in [9.17, 15) is 18.0 Å². The summed E-state index contributed by atoms with van der Waals surface area (Å²) in [6.45, 7) is 4.15. The molecule has 4 rings (SSSR count). The van der Waals surface area contributed by atoms with Gasteiger partial charge in [0.15, 0.2) is 5.13 Å². The molecular weight excluding hydrogens is 423 g/mol. The average Bonchev–Trinajstić information content (AvgIpc) is 3.16. The van der Waals surface area contributed by atoms with Crippen LogP contribution in [0.5, 0.6) is 0 Å². The number of benzene rings is 2. The first-order valence-corrected chi connectivity index (χ1v) is 10.3. The van der Waals surface area contributed by atoms with Gasteiger partial charge in [0.1, 0.15) is 0 Å². The van der Waals surface area contributed by atoms with E-state index in [1.165, 1.54) is 28.4 Å². The zero-order chi connectivity index (χ0) is 22.2. The first-order valence-electron chi connectivity index (χ1n) is 9.48. The monoisotopic (exact) mass is 441 g/mol. The zero-order valence-corrected chi connectivity index (χ0v) is 17.6. The van der Waals surface area contributed by atoms with Crippen LogP contribution < -0.4 is 4.90 Å². The second-order valence-electron chi connectivity index (χ2n) is 7.25. The fourth-order valence-electron chi connectivity index (χ4n) is 3.33. The van der Waals surface area contributed by atoms with E-state index in [1.54, 1.807) is 18.5 Å². The number of pyridine rings is 1. The fraction of sp³-hybridized carbons (Fsp3) is 0.174. The first kappa shape index (κ1) is 21.0. The van der Waals surface area contributed by atoms with Gasteiger partial charge in [0, 0.05) is 18.0 Å². The Labute approximate surface area is 181 Å². The molecule has 158 valence electrons. The highest BCUT2D eigenvalue weighted by molar-refractivity contribution is 7.22. The molecule has 4 nitrogen and oxygen atoms in total. The maximum Gasteiger partial charge on any atom is 0.416 e. The second kappa shape index (κ2) is 8.11. The predicted octanol–water partition coefficient (Wildman–Crippen LogP) is 6.17. The van der Waals surface area contributed by atoms with E-state index in [0.29, 0.717) is 5.13 Å². The lowest BCUT2D eigenvalue weighted by Crippen LogP contribution is -2.30. The van der Waals surface area contributed by atoms with Crippen LogP contribution in [0.1, 0.15) is 32.6 Å². The Hall–Kier alpha value is -3.26. The molecule has 4 aromatic rings. The van der Waals surface area contributed by atoms with Crippen molar-refractivity contribution in [1.82, 2.24) is 9.97 Å². The minimum Gasteiger partial charge on any atom is -0.279 e. The van der Waals surface area contributed by atoms with Crippen LogP contribution in [-0.4, -0.2) is 15.9 Å². The van der Waals surface area contributed by atoms with Crippen molar-refractivity contribution in [1.29, 1.82) is 0 Å². The number of fused-ring (bicyclic) bond motifs is 1. The van der Waals surface area contributed by atoms with Gasteiger partial charge in [0.05, 0.1) is 22.3 Å². The van der Waals surface area contributed by atoms with E-state index in [0.717, 1.165) is 39.0 Å². The van der Waals surface area contributed by atoms with Crippen molar-refractivity contribution in [3.63, 3.8) is 0 Å². The van der Waals surface area contributed by atoms with E-state index >= 15 is 0 Å². The van der Waals surface area contributed by atoms with Crippen LogP contribution in [0.4, 0.5) is 18.3 Å². The van der Waals surface area contributed by atoms with Gasteiger partial charge in [-0.05, 0) is 66.9 Å². The van der Waals surface area contributed by atoms with Gasteiger partial charge >= 0.3 is 6.18 Å². The number of hydrogen-bond donors (Lipinski definition) is 0. The minimum absolute atomic E-state index is 0.157. The van der Waals surface area contributed by atoms with Crippen molar-refractivity contribution in [2.45, 2.75) is 26.6 Å². The van der Waals surface area contributed by atoms with Crippen LogP contribution in [0, 0.1) is 13.8 Å². The number of carbonyl (C=O) groups is 1. The van der Waals surface area contributed by atoms with Crippen LogP contribution >= 0.6 is 11.3 Å². The molecule has 0 aliphatic rings. The van der Waals surface area contributed by atoms with E-state index in [4.69, 9.17) is 0 Å². The normalized spacial score (nSPS) is 11.6. The molecule has 0 radical (unpaired) electrons. The maximum atomic E-state index is 13.3. The van der Waals surface area contributed by atoms with Crippen molar-refractivity contribution in [3.8, 4) is 0 Å². The SMILES string of the molecule is Cc1cc(C)c2nc(N(Cc3cccnc3)C(=O)c3ccc(C(F)(F)F)cc3)sc2c1. The van der Waals surface area contributed by atoms with Gasteiger partial charge in [-0.3, -0.25) is 14.7 Å². The van der Waals surface area contributed by atoms with E-state index in [-0.39, 0.29) is 12.1 Å². The number of rotatable bonds is 4. The van der Waals surface area contributed by atoms with Crippen LogP contribution in [0.3, 0.4) is 0 Å². The van der Waals surface area contributed by atoms with E-state index < -0.39 is 17.6 Å². The highest BCUT2D eigenvalue weighted by Gasteiger charge is 2.31. The molecular formula is C23H18F3N3OS. The molecule has 0 spiro atoms. The molecule has 1 amide bonds. The molecule has 2 aromatic carbocycles. The number of amides is 1. The molecule has 8 heteroatoms. The number of nitrogens with zero attached hydrogens (tertiary/aromatic N) is 3. The van der Waals surface area contributed by atoms with Crippen molar-refractivity contribution in [2.75, 3.05) is 4.90 Å². The highest BCUT2D eigenvalue weighted by atomic mass is 32.1. The topological polar surface area (TPSA) is 46.1 Å². The van der Waals surface area contributed by atoms with Gasteiger partial charge in [0.2, 0.25) is 0 Å². The standard InChI is InChI=1S/C23H18F3N3OS/c1-14-10-15(2)20-19(11-14)31-22(28-20)29(13-16-4-3-9-27-12-16)21(30)17-5-7-18(8-6-17)23(24,25)26/h3-12H,13H2,1-2H3. The van der Waals surface area contributed by atoms with Crippen molar-refractivity contribution in [2.24, 2.45) is 0 Å². The van der Waals surface area contributed by atoms with Crippen LogP contribution in [0.2, 0.25) is 0 Å². The molecule has 0 aliphatic carbocycles. The molecule has 2 heterocycles. The quantitative estimate of drug-likeness (QED) is 0.380. The smallest absolute Gasteiger partial charge is 0.279 e. The number of aryl methyl sites for hydroxylation is 2. The minimum atomic E-state index is -4.46. The van der Waals surface area contributed by atoms with Crippen molar-refractivity contribution in [3.05, 3.63) is 88.7 Å². The Morgan fingerprint density at radius 2 is 1.84 bits per heavy atom. The maximum absolute atomic E-state index is 13.3. The Balaban J connectivity index is 1.76. The summed E-state index contributed by atoms with van der Waals surface area (Å²) in [6.07, 6.45) is -1.18. The Bertz CT molecular complexity index is 1230. The second-order valence-corrected chi connectivity index (χ2v) is 8.26. The number of alkyl halides is 3. The third kappa shape index (κ3) is 4.44. The molecule has 0 atom stereocenters. The van der Waals surface area contributed by atoms with Crippen LogP contribution in [0.25, 0.3) is 10.2 Å². The van der Waals surface area contributed by atoms with Gasteiger partial charge in [-0.1, -0.05) is 23.5 Å². The fourth-order valence-corrected chi connectivity index (χ4v) is 4.47. The highest BCUT2D eigenvalue weighted by Crippen LogP contribution is 2.34. The Morgan fingerprint density at radius 1 is 1.10 bits per heavy atom. The number of hydrogen-bond acceptors (Lipinski definition) is 4. The lowest BCUT2D eigenvalue weighted by Gasteiger charge is -2.20. The molecule has 0 fully saturated rings. The molecule has 0 saturated carbocycles. The number of carbonyl (C=O) groups excluding carboxylic acids is 1. The summed E-state index contributed by atoms with van der Waals surface area (Å²) in [7, 11) is 0. The molecule has 2 aromatic heterocycles. The Kier molecular flexibility index (Phi) is 5.49. The largest absolute Gasteiger partial charge is 0.416 e. The molecule has 0 unspecified atom stereocenters. The Morgan fingerprint density at radius 3 is 2.48 bits per heavy atom. The zero-order valence-electron chi connectivity index (χ0n) is 16.8. The summed E-state index contributed by atoms with van der Waals surface area (Å²) in [4.78, 5) is 23.6. The number of anilines is 1. The number of thiazole rings is 1. The van der Waals surface area contributed by atoms with Gasteiger partial charge in [-0.15, -0.1) is 0 Å². The summed E-state index contributed by atoms with van der Waals surface area (Å²) in [5.41, 5.74) is 3.05. The summed E-state index contributed by atoms with van der Waals surface area (Å²) in [5.74, 6) is -0.425. The van der Waals surface area contributed by atoms with Gasteiger partial charge in [-0.2, -0.15) is 13.2 Å². The predicted molar refractivity (Wildman–Crippen MR) is 115 cm³/mol. The van der Waals surface area contributed by atoms with Crippen molar-refractivity contribution >= 4 is 32.6 Å². The summed E-state index contributed by atoms with van der Waals surface area (Å²) in [6, 6.07) is 11.9. The van der Waals surface area contributed by atoms with Gasteiger partial charge in [0.25, 0.3) is 5.91 Å². The van der Waals surface area contributed by atoms with E-state index in [2.05, 4.69) is 9.97 Å². The van der Waals surface area contributed by atoms with E-state index in [1.807, 2.05) is 32.0 Å². The summed E-state index contributed by atoms with van der Waals surface area (Å²) in [5, 5.41) is 0.484. The molecule has 0 bridgehead atoms. The molecule has 0 saturated heterocycles. The molecule has 0 N–H and O–H groups in total. The van der Waals surface area contributed by atoms with Crippen LogP contribution in [-0.2, 0) is 12.7 Å². The first-order chi connectivity index (χ1) is 14.7. The summed E-state index contributed by atoms with van der Waals surface area (Å²) < 4.78 is 39.7. The number of aromatic nitrogens is 2. The third-order valence-corrected chi connectivity index (χ3v) is 5.84. The van der Waals surface area contributed by atoms with Crippen molar-refractivity contribution < 1.29 is 18.0 Å². The summed E-state index contributed by atoms with van der Waals surface area (Å²) >= 11 is 1.38. The third-order valence-electron chi connectivity index (χ3n) is 4.82. The molecule has 31 heavy (non-hydrogen) atoms.